The number of hydrogen-bond donors (Lipinski definition) is 3. The van der Waals surface area contributed by atoms with Crippen LogP contribution in [0.2, 0.25) is 0 Å². The summed E-state index contributed by atoms with van der Waals surface area (Å²) in [5, 5.41) is 20.2. The highest BCUT2D eigenvalue weighted by Gasteiger charge is 2.13. The highest BCUT2D eigenvalue weighted by molar-refractivity contribution is 5.45. The third-order valence-corrected chi connectivity index (χ3v) is 2.55. The van der Waals surface area contributed by atoms with Crippen LogP contribution < -0.4 is 10.9 Å². The zero-order valence-electron chi connectivity index (χ0n) is 10.0. The first-order chi connectivity index (χ1) is 9.16. The summed E-state index contributed by atoms with van der Waals surface area (Å²) in [5.74, 6) is 0.00195. The van der Waals surface area contributed by atoms with Crippen LogP contribution >= 0.6 is 0 Å². The fourth-order valence-electron chi connectivity index (χ4n) is 1.65. The van der Waals surface area contributed by atoms with Gasteiger partial charge in [-0.25, -0.2) is 5.43 Å². The van der Waals surface area contributed by atoms with E-state index in [0.29, 0.717) is 5.56 Å². The van der Waals surface area contributed by atoms with E-state index >= 15 is 0 Å². The second kappa shape index (κ2) is 5.83. The zero-order valence-corrected chi connectivity index (χ0v) is 10.0. The Hall–Kier alpha value is -2.60. The van der Waals surface area contributed by atoms with E-state index in [9.17, 15) is 15.2 Å². The Morgan fingerprint density at radius 2 is 1.89 bits per heavy atom. The lowest BCUT2D eigenvalue weighted by molar-refractivity contribution is -0.385. The first kappa shape index (κ1) is 12.8. The molecule has 0 atom stereocenters. The number of nitro groups is 1. The van der Waals surface area contributed by atoms with Crippen molar-refractivity contribution in [2.45, 2.75) is 6.54 Å². The summed E-state index contributed by atoms with van der Waals surface area (Å²) >= 11 is 0. The molecule has 19 heavy (non-hydrogen) atoms. The summed E-state index contributed by atoms with van der Waals surface area (Å²) in [7, 11) is 0. The predicted molar refractivity (Wildman–Crippen MR) is 71.7 cm³/mol. The number of nitrogens with one attached hydrogen (secondary N) is 2. The Morgan fingerprint density at radius 1 is 1.16 bits per heavy atom. The van der Waals surface area contributed by atoms with Gasteiger partial charge in [-0.15, -0.1) is 0 Å². The van der Waals surface area contributed by atoms with Gasteiger partial charge in [0.2, 0.25) is 0 Å². The van der Waals surface area contributed by atoms with Crippen LogP contribution in [0.25, 0.3) is 0 Å². The normalized spacial score (nSPS) is 10.1. The fraction of sp³-hybridized carbons (Fsp3) is 0.0769. The predicted octanol–water partition coefficient (Wildman–Crippen LogP) is 2.42. The first-order valence-corrected chi connectivity index (χ1v) is 5.67. The molecule has 6 heteroatoms. The molecule has 0 saturated heterocycles. The van der Waals surface area contributed by atoms with E-state index in [0.717, 1.165) is 5.69 Å². The summed E-state index contributed by atoms with van der Waals surface area (Å²) in [6.07, 6.45) is 0. The van der Waals surface area contributed by atoms with Crippen LogP contribution in [0.4, 0.5) is 11.4 Å². The van der Waals surface area contributed by atoms with Crippen LogP contribution in [0.15, 0.2) is 48.5 Å². The summed E-state index contributed by atoms with van der Waals surface area (Å²) in [6.45, 7) is 0.222. The maximum atomic E-state index is 10.8. The number of phenols is 1. The minimum Gasteiger partial charge on any atom is -0.508 e. The quantitative estimate of drug-likeness (QED) is 0.567. The summed E-state index contributed by atoms with van der Waals surface area (Å²) in [6, 6.07) is 13.3. The average molecular weight is 259 g/mol. The van der Waals surface area contributed by atoms with Gasteiger partial charge in [0.05, 0.1) is 4.92 Å². The Balaban J connectivity index is 2.03. The number of aromatic hydroxyl groups is 1. The molecule has 0 aromatic heterocycles. The molecule has 6 nitrogen and oxygen atoms in total. The van der Waals surface area contributed by atoms with Gasteiger partial charge < -0.3 is 10.5 Å². The number of nitro benzene ring substituents is 1. The molecule has 0 spiro atoms. The molecule has 0 aliphatic heterocycles. The Bertz CT molecular complexity index is 573. The zero-order chi connectivity index (χ0) is 13.7. The van der Waals surface area contributed by atoms with E-state index in [4.69, 9.17) is 0 Å². The number of rotatable bonds is 5. The van der Waals surface area contributed by atoms with E-state index in [1.54, 1.807) is 0 Å². The monoisotopic (exact) mass is 259 g/mol. The molecule has 0 heterocycles. The number of benzene rings is 2. The average Bonchev–Trinajstić information content (AvgIpc) is 2.39. The van der Waals surface area contributed by atoms with Crippen molar-refractivity contribution in [2.75, 3.05) is 5.43 Å². The van der Waals surface area contributed by atoms with Crippen LogP contribution in [-0.2, 0) is 6.54 Å². The van der Waals surface area contributed by atoms with E-state index in [2.05, 4.69) is 10.9 Å². The molecule has 2 aromatic carbocycles. The Morgan fingerprint density at radius 3 is 2.58 bits per heavy atom. The summed E-state index contributed by atoms with van der Waals surface area (Å²) < 4.78 is 0. The van der Waals surface area contributed by atoms with E-state index in [1.165, 1.54) is 18.2 Å². The fourth-order valence-corrected chi connectivity index (χ4v) is 1.65. The molecule has 0 fully saturated rings. The molecule has 0 amide bonds. The van der Waals surface area contributed by atoms with Crippen molar-refractivity contribution in [1.82, 2.24) is 5.43 Å². The molecule has 0 aliphatic rings. The van der Waals surface area contributed by atoms with Crippen molar-refractivity contribution in [3.05, 3.63) is 64.2 Å². The third kappa shape index (κ3) is 3.43. The van der Waals surface area contributed by atoms with Gasteiger partial charge in [-0.2, -0.15) is 0 Å². The highest BCUT2D eigenvalue weighted by Crippen LogP contribution is 2.23. The van der Waals surface area contributed by atoms with Crippen LogP contribution in [0, 0.1) is 10.1 Å². The topological polar surface area (TPSA) is 87.4 Å². The Labute approximate surface area is 109 Å². The molecule has 2 rings (SSSR count). The van der Waals surface area contributed by atoms with Crippen LogP contribution in [-0.4, -0.2) is 10.0 Å². The summed E-state index contributed by atoms with van der Waals surface area (Å²) in [4.78, 5) is 10.4. The van der Waals surface area contributed by atoms with Crippen LogP contribution in [0.5, 0.6) is 5.75 Å². The standard InChI is InChI=1S/C13H13N3O3/c17-12-6-7-13(16(18)19)10(8-12)9-14-15-11-4-2-1-3-5-11/h1-8,14-15,17H,9H2. The van der Waals surface area contributed by atoms with Crippen molar-refractivity contribution < 1.29 is 10.0 Å². The molecule has 0 saturated carbocycles. The maximum absolute atomic E-state index is 10.8. The van der Waals surface area contributed by atoms with E-state index < -0.39 is 4.92 Å². The second-order valence-electron chi connectivity index (χ2n) is 3.91. The lowest BCUT2D eigenvalue weighted by Gasteiger charge is -2.08. The molecule has 98 valence electrons. The number of nitrogens with zero attached hydrogens (tertiary/aromatic N) is 1. The number of hydrogen-bond acceptors (Lipinski definition) is 5. The molecule has 0 aliphatic carbocycles. The summed E-state index contributed by atoms with van der Waals surface area (Å²) in [5.41, 5.74) is 7.03. The van der Waals surface area contributed by atoms with Gasteiger partial charge in [-0.05, 0) is 24.3 Å². The number of phenolic OH excluding ortho intramolecular Hbond substituents is 1. The van der Waals surface area contributed by atoms with Crippen molar-refractivity contribution in [1.29, 1.82) is 0 Å². The minimum absolute atomic E-state index is 0.00195. The number of para-hydroxylation sites is 1. The van der Waals surface area contributed by atoms with Crippen molar-refractivity contribution in [2.24, 2.45) is 0 Å². The lowest BCUT2D eigenvalue weighted by Crippen LogP contribution is -2.21. The van der Waals surface area contributed by atoms with Crippen molar-refractivity contribution in [3.63, 3.8) is 0 Å². The molecular weight excluding hydrogens is 246 g/mol. The lowest BCUT2D eigenvalue weighted by atomic mass is 10.1. The van der Waals surface area contributed by atoms with Gasteiger partial charge in [0, 0.05) is 23.9 Å². The van der Waals surface area contributed by atoms with Crippen molar-refractivity contribution in [3.8, 4) is 5.75 Å². The van der Waals surface area contributed by atoms with Gasteiger partial charge >= 0.3 is 0 Å². The highest BCUT2D eigenvalue weighted by atomic mass is 16.6. The van der Waals surface area contributed by atoms with E-state index in [1.807, 2.05) is 30.3 Å². The maximum Gasteiger partial charge on any atom is 0.274 e. The largest absolute Gasteiger partial charge is 0.508 e. The smallest absolute Gasteiger partial charge is 0.274 e. The molecular formula is C13H13N3O3. The van der Waals surface area contributed by atoms with Gasteiger partial charge in [-0.1, -0.05) is 18.2 Å². The first-order valence-electron chi connectivity index (χ1n) is 5.67. The molecule has 0 radical (unpaired) electrons. The molecule has 0 bridgehead atoms. The van der Waals surface area contributed by atoms with Crippen LogP contribution in [0.3, 0.4) is 0 Å². The molecule has 3 N–H and O–H groups in total. The Kier molecular flexibility index (Phi) is 3.94. The SMILES string of the molecule is O=[N+]([O-])c1ccc(O)cc1CNNc1ccccc1. The van der Waals surface area contributed by atoms with Gasteiger partial charge in [-0.3, -0.25) is 10.1 Å². The molecule has 2 aromatic rings. The number of hydrazine groups is 1. The van der Waals surface area contributed by atoms with Crippen molar-refractivity contribution >= 4 is 11.4 Å². The van der Waals surface area contributed by atoms with Gasteiger partial charge in [0.25, 0.3) is 5.69 Å². The number of anilines is 1. The minimum atomic E-state index is -0.473. The van der Waals surface area contributed by atoms with Gasteiger partial charge in [0.15, 0.2) is 0 Å². The van der Waals surface area contributed by atoms with Crippen LogP contribution in [0.1, 0.15) is 5.56 Å². The van der Waals surface area contributed by atoms with E-state index in [-0.39, 0.29) is 18.0 Å². The second-order valence-corrected chi connectivity index (χ2v) is 3.91. The molecule has 0 unspecified atom stereocenters. The third-order valence-electron chi connectivity index (χ3n) is 2.55. The van der Waals surface area contributed by atoms with Gasteiger partial charge in [0.1, 0.15) is 5.75 Å².